The molecule has 142 valence electrons. The fourth-order valence-electron chi connectivity index (χ4n) is 3.37. The quantitative estimate of drug-likeness (QED) is 0.857. The first-order valence-electron chi connectivity index (χ1n) is 9.29. The summed E-state index contributed by atoms with van der Waals surface area (Å²) in [6, 6.07) is 14.5. The van der Waals surface area contributed by atoms with Crippen LogP contribution in [0.3, 0.4) is 0 Å². The summed E-state index contributed by atoms with van der Waals surface area (Å²) in [5, 5.41) is 3.37. The van der Waals surface area contributed by atoms with Crippen LogP contribution >= 0.6 is 0 Å². The van der Waals surface area contributed by atoms with E-state index in [0.29, 0.717) is 6.61 Å². The average molecular weight is 368 g/mol. The van der Waals surface area contributed by atoms with Gasteiger partial charge in [0, 0.05) is 12.7 Å². The molecule has 3 rings (SSSR count). The lowest BCUT2D eigenvalue weighted by atomic mass is 9.88. The van der Waals surface area contributed by atoms with Gasteiger partial charge in [-0.05, 0) is 73.8 Å². The monoisotopic (exact) mass is 368 g/mol. The average Bonchev–Trinajstić information content (AvgIpc) is 2.69. The van der Waals surface area contributed by atoms with Crippen molar-refractivity contribution in [3.63, 3.8) is 0 Å². The zero-order chi connectivity index (χ0) is 19.2. The van der Waals surface area contributed by atoms with Crippen molar-refractivity contribution < 1.29 is 13.9 Å². The van der Waals surface area contributed by atoms with Crippen LogP contribution in [0.2, 0.25) is 0 Å². The largest absolute Gasteiger partial charge is 0.449 e. The molecule has 4 nitrogen and oxygen atoms in total. The van der Waals surface area contributed by atoms with Gasteiger partial charge in [-0.1, -0.05) is 29.8 Å². The van der Waals surface area contributed by atoms with Crippen molar-refractivity contribution in [2.24, 2.45) is 0 Å². The van der Waals surface area contributed by atoms with Gasteiger partial charge >= 0.3 is 6.09 Å². The molecule has 1 N–H and O–H groups in total. The third kappa shape index (κ3) is 4.55. The normalized spacial score (nSPS) is 14.0. The Balaban J connectivity index is 1.97. The molecule has 0 unspecified atom stereocenters. The topological polar surface area (TPSA) is 41.6 Å². The Bertz CT molecular complexity index is 822. The van der Waals surface area contributed by atoms with Crippen LogP contribution in [0.15, 0.2) is 54.1 Å². The predicted molar refractivity (Wildman–Crippen MR) is 106 cm³/mol. The highest BCUT2D eigenvalue weighted by Gasteiger charge is 2.16. The maximum absolute atomic E-state index is 13.8. The summed E-state index contributed by atoms with van der Waals surface area (Å²) >= 11 is 0. The number of carbonyl (C=O) groups excluding carboxylic acids is 1. The molecule has 27 heavy (non-hydrogen) atoms. The Morgan fingerprint density at radius 2 is 1.81 bits per heavy atom. The molecule has 0 radical (unpaired) electrons. The molecule has 1 fully saturated rings. The highest BCUT2D eigenvalue weighted by Crippen LogP contribution is 2.32. The smallest absolute Gasteiger partial charge is 0.413 e. The van der Waals surface area contributed by atoms with Crippen LogP contribution in [0.5, 0.6) is 0 Å². The molecule has 0 atom stereocenters. The Morgan fingerprint density at radius 1 is 1.11 bits per heavy atom. The van der Waals surface area contributed by atoms with Gasteiger partial charge in [0.1, 0.15) is 5.82 Å². The lowest BCUT2D eigenvalue weighted by molar-refractivity contribution is 0.161. The van der Waals surface area contributed by atoms with Gasteiger partial charge in [-0.3, -0.25) is 4.90 Å². The number of hydrogen-bond donors (Lipinski definition) is 1. The molecular formula is C22H25FN2O2. The van der Waals surface area contributed by atoms with Gasteiger partial charge < -0.3 is 10.1 Å². The van der Waals surface area contributed by atoms with Crippen molar-refractivity contribution in [2.75, 3.05) is 31.6 Å². The number of rotatable bonds is 4. The van der Waals surface area contributed by atoms with Crippen LogP contribution in [0.25, 0.3) is 5.57 Å². The minimum Gasteiger partial charge on any atom is -0.449 e. The number of amides is 1. The van der Waals surface area contributed by atoms with Crippen LogP contribution in [0, 0.1) is 5.82 Å². The molecule has 2 aromatic carbocycles. The molecule has 1 aliphatic heterocycles. The van der Waals surface area contributed by atoms with Crippen molar-refractivity contribution in [3.8, 4) is 0 Å². The molecule has 0 spiro atoms. The van der Waals surface area contributed by atoms with E-state index < -0.39 is 0 Å². The van der Waals surface area contributed by atoms with Crippen molar-refractivity contribution in [1.82, 2.24) is 5.32 Å². The molecule has 1 saturated heterocycles. The third-order valence-electron chi connectivity index (χ3n) is 4.76. The first kappa shape index (κ1) is 19.1. The van der Waals surface area contributed by atoms with Crippen LogP contribution in [-0.2, 0) is 4.74 Å². The maximum Gasteiger partial charge on any atom is 0.413 e. The minimum absolute atomic E-state index is 0.238. The number of anilines is 1. The molecule has 0 bridgehead atoms. The van der Waals surface area contributed by atoms with Gasteiger partial charge in [-0.2, -0.15) is 0 Å². The Hall–Kier alpha value is -2.66. The summed E-state index contributed by atoms with van der Waals surface area (Å²) < 4.78 is 18.9. The Morgan fingerprint density at radius 3 is 2.44 bits per heavy atom. The number of benzene rings is 2. The third-order valence-corrected chi connectivity index (χ3v) is 4.76. The summed E-state index contributed by atoms with van der Waals surface area (Å²) in [4.78, 5) is 13.4. The van der Waals surface area contributed by atoms with Gasteiger partial charge in [-0.15, -0.1) is 0 Å². The second-order valence-electron chi connectivity index (χ2n) is 6.54. The maximum atomic E-state index is 13.8. The SMILES string of the molecule is CCOC(=O)N(C)c1ccc(C(=C2CCNCC2)c2cccc(F)c2)cc1. The lowest BCUT2D eigenvalue weighted by Gasteiger charge is -2.22. The van der Waals surface area contributed by atoms with E-state index >= 15 is 0 Å². The van der Waals surface area contributed by atoms with E-state index in [1.165, 1.54) is 16.5 Å². The van der Waals surface area contributed by atoms with Gasteiger partial charge in [0.25, 0.3) is 0 Å². The van der Waals surface area contributed by atoms with Crippen molar-refractivity contribution in [1.29, 1.82) is 0 Å². The molecule has 0 aliphatic carbocycles. The Kier molecular flexibility index (Phi) is 6.24. The minimum atomic E-state index is -0.382. The molecule has 1 aliphatic rings. The molecule has 1 heterocycles. The number of ether oxygens (including phenoxy) is 1. The standard InChI is InChI=1S/C22H25FN2O2/c1-3-27-22(26)25(2)20-9-7-16(8-10-20)21(17-11-13-24-14-12-17)18-5-4-6-19(23)15-18/h4-10,15,24H,3,11-14H2,1-2H3. The van der Waals surface area contributed by atoms with Crippen molar-refractivity contribution in [3.05, 3.63) is 71.0 Å². The highest BCUT2D eigenvalue weighted by molar-refractivity contribution is 5.88. The molecule has 5 heteroatoms. The Labute approximate surface area is 159 Å². The van der Waals surface area contributed by atoms with Gasteiger partial charge in [0.15, 0.2) is 0 Å². The van der Waals surface area contributed by atoms with E-state index in [-0.39, 0.29) is 11.9 Å². The fourth-order valence-corrected chi connectivity index (χ4v) is 3.37. The summed E-state index contributed by atoms with van der Waals surface area (Å²) in [7, 11) is 1.69. The number of nitrogens with one attached hydrogen (secondary N) is 1. The predicted octanol–water partition coefficient (Wildman–Crippen LogP) is 4.60. The summed E-state index contributed by atoms with van der Waals surface area (Å²) in [6.07, 6.45) is 1.50. The second kappa shape index (κ2) is 8.82. The van der Waals surface area contributed by atoms with E-state index in [1.54, 1.807) is 26.1 Å². The van der Waals surface area contributed by atoms with Crippen molar-refractivity contribution in [2.45, 2.75) is 19.8 Å². The number of piperidine rings is 1. The zero-order valence-corrected chi connectivity index (χ0v) is 15.8. The zero-order valence-electron chi connectivity index (χ0n) is 15.8. The van der Waals surface area contributed by atoms with E-state index in [9.17, 15) is 9.18 Å². The second-order valence-corrected chi connectivity index (χ2v) is 6.54. The fraction of sp³-hybridized carbons (Fsp3) is 0.318. The van der Waals surface area contributed by atoms with Gasteiger partial charge in [0.05, 0.1) is 6.61 Å². The lowest BCUT2D eigenvalue weighted by Crippen LogP contribution is -2.26. The number of nitrogens with zero attached hydrogens (tertiary/aromatic N) is 1. The summed E-state index contributed by atoms with van der Waals surface area (Å²) in [6.45, 7) is 3.98. The molecular weight excluding hydrogens is 343 g/mol. The van der Waals surface area contributed by atoms with Gasteiger partial charge in [0.2, 0.25) is 0 Å². The van der Waals surface area contributed by atoms with E-state index in [0.717, 1.165) is 48.3 Å². The highest BCUT2D eigenvalue weighted by atomic mass is 19.1. The summed E-state index contributed by atoms with van der Waals surface area (Å²) in [5.41, 5.74) is 5.08. The van der Waals surface area contributed by atoms with Crippen LogP contribution in [0.4, 0.5) is 14.9 Å². The molecule has 0 aromatic heterocycles. The number of carbonyl (C=O) groups is 1. The van der Waals surface area contributed by atoms with Crippen molar-refractivity contribution >= 4 is 17.4 Å². The van der Waals surface area contributed by atoms with Gasteiger partial charge in [-0.25, -0.2) is 9.18 Å². The van der Waals surface area contributed by atoms with E-state index in [1.807, 2.05) is 30.3 Å². The summed E-state index contributed by atoms with van der Waals surface area (Å²) in [5.74, 6) is -0.238. The van der Waals surface area contributed by atoms with E-state index in [4.69, 9.17) is 4.74 Å². The van der Waals surface area contributed by atoms with Crippen LogP contribution in [0.1, 0.15) is 30.9 Å². The first-order valence-corrected chi connectivity index (χ1v) is 9.29. The van der Waals surface area contributed by atoms with E-state index in [2.05, 4.69) is 5.32 Å². The first-order chi connectivity index (χ1) is 13.1. The molecule has 0 saturated carbocycles. The molecule has 1 amide bonds. The van der Waals surface area contributed by atoms with Crippen LogP contribution < -0.4 is 10.2 Å². The van der Waals surface area contributed by atoms with Crippen LogP contribution in [-0.4, -0.2) is 32.8 Å². The number of halogens is 1. The molecule has 2 aromatic rings. The number of hydrogen-bond acceptors (Lipinski definition) is 3.